The molecule has 8 heteroatoms. The van der Waals surface area contributed by atoms with Gasteiger partial charge in [0.2, 0.25) is 26.6 Å². The molecule has 0 atom stereocenters. The minimum Gasteiger partial charge on any atom is -0.486 e. The quantitative estimate of drug-likeness (QED) is 0.615. The number of benzene rings is 2. The number of hydrogen-bond acceptors (Lipinski definition) is 7. The van der Waals surface area contributed by atoms with Gasteiger partial charge in [0.05, 0.1) is 4.90 Å². The molecule has 0 saturated carbocycles. The fourth-order valence-electron chi connectivity index (χ4n) is 2.97. The average Bonchev–Trinajstić information content (AvgIpc) is 3.17. The molecule has 2 heterocycles. The van der Waals surface area contributed by atoms with Crippen LogP contribution in [0.5, 0.6) is 11.5 Å². The first kappa shape index (κ1) is 19.1. The number of fused-ring (bicyclic) bond motifs is 1. The summed E-state index contributed by atoms with van der Waals surface area (Å²) < 4.78 is 43.4. The molecule has 0 unspecified atom stereocenters. The van der Waals surface area contributed by atoms with Crippen molar-refractivity contribution in [2.75, 3.05) is 25.1 Å². The molecule has 3 aromatic rings. The van der Waals surface area contributed by atoms with E-state index < -0.39 is 9.84 Å². The van der Waals surface area contributed by atoms with E-state index in [9.17, 15) is 8.42 Å². The molecule has 1 aliphatic rings. The predicted molar refractivity (Wildman–Crippen MR) is 108 cm³/mol. The first-order valence-corrected chi connectivity index (χ1v) is 10.5. The van der Waals surface area contributed by atoms with Gasteiger partial charge in [0.25, 0.3) is 0 Å². The van der Waals surface area contributed by atoms with E-state index in [4.69, 9.17) is 13.9 Å². The molecule has 0 saturated heterocycles. The van der Waals surface area contributed by atoms with Crippen molar-refractivity contribution in [2.45, 2.75) is 16.8 Å². The van der Waals surface area contributed by atoms with Crippen LogP contribution in [-0.4, -0.2) is 33.2 Å². The van der Waals surface area contributed by atoms with E-state index in [-0.39, 0.29) is 21.7 Å². The van der Waals surface area contributed by atoms with Crippen molar-refractivity contribution in [3.05, 3.63) is 60.7 Å². The van der Waals surface area contributed by atoms with E-state index in [0.717, 1.165) is 5.56 Å². The van der Waals surface area contributed by atoms with E-state index in [1.807, 2.05) is 31.2 Å². The number of rotatable bonds is 6. The lowest BCUT2D eigenvalue weighted by atomic mass is 10.1. The van der Waals surface area contributed by atoms with Gasteiger partial charge in [-0.2, -0.15) is 4.98 Å². The summed E-state index contributed by atoms with van der Waals surface area (Å²) in [5, 5.41) is 2.74. The molecule has 7 nitrogen and oxygen atoms in total. The highest BCUT2D eigenvalue weighted by molar-refractivity contribution is 7.91. The predicted octanol–water partition coefficient (Wildman–Crippen LogP) is 3.85. The number of ether oxygens (including phenoxy) is 2. The van der Waals surface area contributed by atoms with Gasteiger partial charge in [-0.1, -0.05) is 23.8 Å². The van der Waals surface area contributed by atoms with Gasteiger partial charge in [0, 0.05) is 18.2 Å². The van der Waals surface area contributed by atoms with E-state index in [1.165, 1.54) is 12.1 Å². The van der Waals surface area contributed by atoms with Crippen molar-refractivity contribution >= 4 is 15.7 Å². The lowest BCUT2D eigenvalue weighted by Gasteiger charge is -2.18. The van der Waals surface area contributed by atoms with Crippen molar-refractivity contribution in [1.29, 1.82) is 0 Å². The Morgan fingerprint density at radius 2 is 1.93 bits per heavy atom. The summed E-state index contributed by atoms with van der Waals surface area (Å²) in [5.74, 6) is 1.19. The molecule has 29 heavy (non-hydrogen) atoms. The van der Waals surface area contributed by atoms with Crippen molar-refractivity contribution < 1.29 is 22.3 Å². The largest absolute Gasteiger partial charge is 0.486 e. The smallest absolute Gasteiger partial charge is 0.234 e. The molecular formula is C21H20N2O5S. The van der Waals surface area contributed by atoms with Gasteiger partial charge in [-0.05, 0) is 31.2 Å². The Hall–Kier alpha value is -3.26. The number of aromatic nitrogens is 1. The number of nitrogens with zero attached hydrogens (tertiary/aromatic N) is 1. The SMILES string of the molecule is C=CCNc1oc(-c2cccc(C)c2)nc1S(=O)(=O)c1ccc2c(c1)OCCO2. The second-order valence-corrected chi connectivity index (χ2v) is 8.37. The number of anilines is 1. The molecule has 0 radical (unpaired) electrons. The molecule has 0 fully saturated rings. The van der Waals surface area contributed by atoms with Gasteiger partial charge >= 0.3 is 0 Å². The summed E-state index contributed by atoms with van der Waals surface area (Å²) in [4.78, 5) is 4.36. The Balaban J connectivity index is 1.80. The Bertz CT molecular complexity index is 1170. The van der Waals surface area contributed by atoms with Crippen LogP contribution in [0.4, 0.5) is 5.88 Å². The fraction of sp³-hybridized carbons (Fsp3) is 0.190. The molecule has 0 aliphatic carbocycles. The minimum atomic E-state index is -3.97. The second kappa shape index (κ2) is 7.63. The highest BCUT2D eigenvalue weighted by Gasteiger charge is 2.30. The summed E-state index contributed by atoms with van der Waals surface area (Å²) in [7, 11) is -3.97. The van der Waals surface area contributed by atoms with Gasteiger partial charge in [0.1, 0.15) is 13.2 Å². The van der Waals surface area contributed by atoms with E-state index in [0.29, 0.717) is 36.8 Å². The maximum atomic E-state index is 13.3. The van der Waals surface area contributed by atoms with Crippen LogP contribution in [-0.2, 0) is 9.84 Å². The van der Waals surface area contributed by atoms with Gasteiger partial charge < -0.3 is 19.2 Å². The topological polar surface area (TPSA) is 90.7 Å². The van der Waals surface area contributed by atoms with Crippen LogP contribution in [0.15, 0.2) is 69.5 Å². The van der Waals surface area contributed by atoms with Gasteiger partial charge in [-0.15, -0.1) is 6.58 Å². The highest BCUT2D eigenvalue weighted by atomic mass is 32.2. The average molecular weight is 412 g/mol. The summed E-state index contributed by atoms with van der Waals surface area (Å²) in [5.41, 5.74) is 1.70. The third-order valence-electron chi connectivity index (χ3n) is 4.35. The normalized spacial score (nSPS) is 13.1. The molecule has 150 valence electrons. The van der Waals surface area contributed by atoms with Crippen molar-refractivity contribution in [2.24, 2.45) is 0 Å². The van der Waals surface area contributed by atoms with Crippen molar-refractivity contribution in [3.63, 3.8) is 0 Å². The Morgan fingerprint density at radius 3 is 2.69 bits per heavy atom. The Kier molecular flexibility index (Phi) is 5.02. The van der Waals surface area contributed by atoms with Gasteiger partial charge in [0.15, 0.2) is 11.5 Å². The zero-order chi connectivity index (χ0) is 20.4. The molecular weight excluding hydrogens is 392 g/mol. The van der Waals surface area contributed by atoms with Gasteiger partial charge in [-0.3, -0.25) is 0 Å². The minimum absolute atomic E-state index is 0.0486. The van der Waals surface area contributed by atoms with Crippen LogP contribution in [0.3, 0.4) is 0 Å². The molecule has 1 N–H and O–H groups in total. The van der Waals surface area contributed by atoms with Crippen LogP contribution in [0.2, 0.25) is 0 Å². The van der Waals surface area contributed by atoms with Crippen LogP contribution in [0.25, 0.3) is 11.5 Å². The molecule has 0 spiro atoms. The van der Waals surface area contributed by atoms with E-state index >= 15 is 0 Å². The molecule has 0 amide bonds. The maximum Gasteiger partial charge on any atom is 0.234 e. The molecule has 0 bridgehead atoms. The Morgan fingerprint density at radius 1 is 1.14 bits per heavy atom. The zero-order valence-electron chi connectivity index (χ0n) is 15.8. The second-order valence-electron chi connectivity index (χ2n) is 6.50. The first-order chi connectivity index (χ1) is 14.0. The number of hydrogen-bond donors (Lipinski definition) is 1. The van der Waals surface area contributed by atoms with Crippen LogP contribution in [0, 0.1) is 6.92 Å². The molecule has 1 aromatic heterocycles. The Labute approximate surface area is 168 Å². The van der Waals surface area contributed by atoms with Crippen LogP contribution in [0.1, 0.15) is 5.56 Å². The fourth-order valence-corrected chi connectivity index (χ4v) is 4.26. The van der Waals surface area contributed by atoms with Crippen LogP contribution >= 0.6 is 0 Å². The lowest BCUT2D eigenvalue weighted by molar-refractivity contribution is 0.171. The lowest BCUT2D eigenvalue weighted by Crippen LogP contribution is -2.16. The summed E-state index contributed by atoms with van der Waals surface area (Å²) in [6.07, 6.45) is 1.61. The monoisotopic (exact) mass is 412 g/mol. The molecule has 2 aromatic carbocycles. The maximum absolute atomic E-state index is 13.3. The summed E-state index contributed by atoms with van der Waals surface area (Å²) >= 11 is 0. The zero-order valence-corrected chi connectivity index (χ0v) is 16.7. The molecule has 1 aliphatic heterocycles. The van der Waals surface area contributed by atoms with Crippen molar-refractivity contribution in [1.82, 2.24) is 4.98 Å². The number of sulfone groups is 1. The van der Waals surface area contributed by atoms with E-state index in [2.05, 4.69) is 16.9 Å². The highest BCUT2D eigenvalue weighted by Crippen LogP contribution is 2.37. The summed E-state index contributed by atoms with van der Waals surface area (Å²) in [6.45, 7) is 6.71. The third-order valence-corrected chi connectivity index (χ3v) is 6.01. The van der Waals surface area contributed by atoms with E-state index in [1.54, 1.807) is 12.1 Å². The number of nitrogens with one attached hydrogen (secondary N) is 1. The number of oxazole rings is 1. The third kappa shape index (κ3) is 3.71. The van der Waals surface area contributed by atoms with Crippen molar-refractivity contribution in [3.8, 4) is 23.0 Å². The van der Waals surface area contributed by atoms with Gasteiger partial charge in [-0.25, -0.2) is 8.42 Å². The summed E-state index contributed by atoms with van der Waals surface area (Å²) in [6, 6.07) is 12.0. The molecule has 4 rings (SSSR count). The number of aryl methyl sites for hydroxylation is 1. The first-order valence-electron chi connectivity index (χ1n) is 9.06. The standard InChI is InChI=1S/C21H20N2O5S/c1-3-9-22-20-21(23-19(28-20)15-6-4-5-14(2)12-15)29(24,25)16-7-8-17-18(13-16)27-11-10-26-17/h3-8,12-13,22H,1,9-11H2,2H3. The van der Waals surface area contributed by atoms with Crippen LogP contribution < -0.4 is 14.8 Å².